The molecule has 1 aromatic carbocycles. The fraction of sp³-hybridized carbons (Fsp3) is 0.200. The first-order chi connectivity index (χ1) is 10.9. The zero-order chi connectivity index (χ0) is 17.1. The van der Waals surface area contributed by atoms with Crippen molar-refractivity contribution in [2.45, 2.75) is 6.92 Å². The lowest BCUT2D eigenvalue weighted by Crippen LogP contribution is -2.39. The zero-order valence-electron chi connectivity index (χ0n) is 12.3. The Hall–Kier alpha value is -2.67. The molecule has 8 heteroatoms. The van der Waals surface area contributed by atoms with Gasteiger partial charge in [-0.25, -0.2) is 9.69 Å². The topological polar surface area (TPSA) is 86.8 Å². The van der Waals surface area contributed by atoms with Crippen LogP contribution in [0.15, 0.2) is 30.9 Å². The standard InChI is InChI=1S/C15H14ClN3O4/c1-3-7-18-13(21)14(22)19(15(18)23)8-12(20)17-11-6-4-5-10(16)9(11)2/h3-6H,1,7-8H2,2H3,(H,17,20). The van der Waals surface area contributed by atoms with Crippen LogP contribution in [0.2, 0.25) is 5.02 Å². The van der Waals surface area contributed by atoms with Crippen LogP contribution in [0.5, 0.6) is 0 Å². The van der Waals surface area contributed by atoms with Crippen LogP contribution in [0.1, 0.15) is 5.56 Å². The van der Waals surface area contributed by atoms with Gasteiger partial charge in [-0.1, -0.05) is 23.7 Å². The third kappa shape index (κ3) is 3.24. The molecular formula is C15H14ClN3O4. The van der Waals surface area contributed by atoms with E-state index in [4.69, 9.17) is 11.6 Å². The second kappa shape index (κ2) is 6.62. The van der Waals surface area contributed by atoms with Crippen molar-refractivity contribution in [1.82, 2.24) is 9.80 Å². The van der Waals surface area contributed by atoms with Crippen molar-refractivity contribution in [3.8, 4) is 0 Å². The largest absolute Gasteiger partial charge is 0.335 e. The van der Waals surface area contributed by atoms with Crippen molar-refractivity contribution < 1.29 is 19.2 Å². The number of rotatable bonds is 5. The molecule has 0 aliphatic carbocycles. The first-order valence-electron chi connectivity index (χ1n) is 6.70. The van der Waals surface area contributed by atoms with Crippen LogP contribution in [0.4, 0.5) is 10.5 Å². The molecule has 0 unspecified atom stereocenters. The van der Waals surface area contributed by atoms with Gasteiger partial charge in [-0.2, -0.15) is 0 Å². The van der Waals surface area contributed by atoms with Crippen molar-refractivity contribution in [3.05, 3.63) is 41.4 Å². The average Bonchev–Trinajstić information content (AvgIpc) is 2.70. The molecule has 1 aliphatic heterocycles. The van der Waals surface area contributed by atoms with E-state index in [-0.39, 0.29) is 6.54 Å². The minimum Gasteiger partial charge on any atom is -0.324 e. The number of imide groups is 2. The summed E-state index contributed by atoms with van der Waals surface area (Å²) >= 11 is 5.96. The molecule has 7 nitrogen and oxygen atoms in total. The van der Waals surface area contributed by atoms with Crippen LogP contribution in [0, 0.1) is 6.92 Å². The third-order valence-electron chi connectivity index (χ3n) is 3.29. The van der Waals surface area contributed by atoms with Crippen LogP contribution in [-0.2, 0) is 14.4 Å². The van der Waals surface area contributed by atoms with Crippen LogP contribution in [-0.4, -0.2) is 46.6 Å². The van der Waals surface area contributed by atoms with E-state index in [0.29, 0.717) is 21.2 Å². The molecule has 2 rings (SSSR count). The molecule has 0 aromatic heterocycles. The normalized spacial score (nSPS) is 14.4. The number of hydrogen-bond donors (Lipinski definition) is 1. The van der Waals surface area contributed by atoms with Gasteiger partial charge in [-0.05, 0) is 24.6 Å². The Kier molecular flexibility index (Phi) is 4.80. The number of amides is 5. The highest BCUT2D eigenvalue weighted by atomic mass is 35.5. The molecule has 1 fully saturated rings. The monoisotopic (exact) mass is 335 g/mol. The van der Waals surface area contributed by atoms with Gasteiger partial charge in [0.15, 0.2) is 0 Å². The van der Waals surface area contributed by atoms with Gasteiger partial charge >= 0.3 is 17.8 Å². The number of anilines is 1. The fourth-order valence-corrected chi connectivity index (χ4v) is 2.23. The van der Waals surface area contributed by atoms with Crippen molar-refractivity contribution >= 4 is 41.0 Å². The highest BCUT2D eigenvalue weighted by Gasteiger charge is 2.44. The first kappa shape index (κ1) is 16.7. The van der Waals surface area contributed by atoms with Gasteiger partial charge in [0.05, 0.1) is 0 Å². The predicted molar refractivity (Wildman–Crippen MR) is 83.8 cm³/mol. The van der Waals surface area contributed by atoms with Crippen molar-refractivity contribution in [3.63, 3.8) is 0 Å². The third-order valence-corrected chi connectivity index (χ3v) is 3.70. The Bertz CT molecular complexity index is 717. The number of nitrogens with one attached hydrogen (secondary N) is 1. The molecule has 1 aliphatic rings. The summed E-state index contributed by atoms with van der Waals surface area (Å²) in [6.45, 7) is 4.49. The maximum Gasteiger partial charge on any atom is 0.335 e. The summed E-state index contributed by atoms with van der Waals surface area (Å²) in [4.78, 5) is 48.8. The minimum absolute atomic E-state index is 0.0884. The molecule has 0 atom stereocenters. The van der Waals surface area contributed by atoms with E-state index in [1.807, 2.05) is 0 Å². The zero-order valence-corrected chi connectivity index (χ0v) is 13.1. The highest BCUT2D eigenvalue weighted by Crippen LogP contribution is 2.23. The maximum absolute atomic E-state index is 12.0. The summed E-state index contributed by atoms with van der Waals surface area (Å²) in [6.07, 6.45) is 1.32. The van der Waals surface area contributed by atoms with E-state index >= 15 is 0 Å². The maximum atomic E-state index is 12.0. The number of halogens is 1. The molecular weight excluding hydrogens is 322 g/mol. The van der Waals surface area contributed by atoms with E-state index in [1.165, 1.54) is 6.08 Å². The van der Waals surface area contributed by atoms with E-state index in [0.717, 1.165) is 4.90 Å². The summed E-state index contributed by atoms with van der Waals surface area (Å²) in [5, 5.41) is 3.04. The second-order valence-electron chi connectivity index (χ2n) is 4.84. The van der Waals surface area contributed by atoms with Gasteiger partial charge in [-0.15, -0.1) is 6.58 Å². The van der Waals surface area contributed by atoms with Crippen molar-refractivity contribution in [2.75, 3.05) is 18.4 Å². The smallest absolute Gasteiger partial charge is 0.324 e. The molecule has 120 valence electrons. The molecule has 23 heavy (non-hydrogen) atoms. The summed E-state index contributed by atoms with van der Waals surface area (Å²) in [7, 11) is 0. The van der Waals surface area contributed by atoms with Gasteiger partial charge < -0.3 is 5.32 Å². The lowest BCUT2D eigenvalue weighted by molar-refractivity contribution is -0.143. The molecule has 5 amide bonds. The molecule has 1 N–H and O–H groups in total. The molecule has 0 saturated carbocycles. The number of benzene rings is 1. The van der Waals surface area contributed by atoms with E-state index in [9.17, 15) is 19.2 Å². The second-order valence-corrected chi connectivity index (χ2v) is 5.25. The van der Waals surface area contributed by atoms with Gasteiger partial charge in [0, 0.05) is 17.3 Å². The van der Waals surface area contributed by atoms with Crippen LogP contribution in [0.3, 0.4) is 0 Å². The predicted octanol–water partition coefficient (Wildman–Crippen LogP) is 1.56. The highest BCUT2D eigenvalue weighted by molar-refractivity contribution is 6.45. The van der Waals surface area contributed by atoms with E-state index < -0.39 is 30.3 Å². The van der Waals surface area contributed by atoms with Gasteiger partial charge in [0.25, 0.3) is 0 Å². The van der Waals surface area contributed by atoms with Crippen LogP contribution < -0.4 is 5.32 Å². The van der Waals surface area contributed by atoms with Crippen molar-refractivity contribution in [2.24, 2.45) is 0 Å². The molecule has 1 saturated heterocycles. The molecule has 1 aromatic rings. The Morgan fingerprint density at radius 3 is 2.57 bits per heavy atom. The van der Waals surface area contributed by atoms with Crippen molar-refractivity contribution in [1.29, 1.82) is 0 Å². The Morgan fingerprint density at radius 1 is 1.26 bits per heavy atom. The van der Waals surface area contributed by atoms with Crippen LogP contribution >= 0.6 is 11.6 Å². The number of carbonyl (C=O) groups excluding carboxylic acids is 4. The SMILES string of the molecule is C=CCN1C(=O)C(=O)N(CC(=O)Nc2cccc(Cl)c2C)C1=O. The van der Waals surface area contributed by atoms with Crippen LogP contribution in [0.25, 0.3) is 0 Å². The minimum atomic E-state index is -1.03. The number of carbonyl (C=O) groups is 4. The Balaban J connectivity index is 2.10. The molecule has 0 radical (unpaired) electrons. The van der Waals surface area contributed by atoms with Gasteiger partial charge in [0.2, 0.25) is 5.91 Å². The van der Waals surface area contributed by atoms with E-state index in [2.05, 4.69) is 11.9 Å². The summed E-state index contributed by atoms with van der Waals surface area (Å²) in [5.41, 5.74) is 1.13. The quantitative estimate of drug-likeness (QED) is 0.502. The number of hydrogen-bond acceptors (Lipinski definition) is 4. The summed E-state index contributed by atoms with van der Waals surface area (Å²) < 4.78 is 0. The van der Waals surface area contributed by atoms with E-state index in [1.54, 1.807) is 25.1 Å². The van der Waals surface area contributed by atoms with Gasteiger partial charge in [0.1, 0.15) is 6.54 Å². The summed E-state index contributed by atoms with van der Waals surface area (Å²) in [5.74, 6) is -2.61. The number of urea groups is 1. The molecule has 1 heterocycles. The fourth-order valence-electron chi connectivity index (χ4n) is 2.06. The first-order valence-corrected chi connectivity index (χ1v) is 7.07. The average molecular weight is 336 g/mol. The number of nitrogens with zero attached hydrogens (tertiary/aromatic N) is 2. The molecule has 0 bridgehead atoms. The summed E-state index contributed by atoms with van der Waals surface area (Å²) in [6, 6.07) is 4.14. The Labute approximate surface area is 137 Å². The van der Waals surface area contributed by atoms with Gasteiger partial charge in [-0.3, -0.25) is 19.3 Å². The lowest BCUT2D eigenvalue weighted by atomic mass is 10.2. The Morgan fingerprint density at radius 2 is 1.91 bits per heavy atom. The lowest BCUT2D eigenvalue weighted by Gasteiger charge is -2.15. The molecule has 0 spiro atoms.